The predicted octanol–water partition coefficient (Wildman–Crippen LogP) is 2.38. The Morgan fingerprint density at radius 3 is 3.06 bits per heavy atom. The largest absolute Gasteiger partial charge is 0.508 e. The molecular formula is C14H18N2OS. The summed E-state index contributed by atoms with van der Waals surface area (Å²) in [5, 5.41) is 11.2. The monoisotopic (exact) mass is 262 g/mol. The van der Waals surface area contributed by atoms with Gasteiger partial charge in [-0.1, -0.05) is 12.1 Å². The number of rotatable bonds is 2. The van der Waals surface area contributed by atoms with Crippen molar-refractivity contribution in [3.63, 3.8) is 0 Å². The zero-order valence-corrected chi connectivity index (χ0v) is 11.1. The maximum absolute atomic E-state index is 9.53. The van der Waals surface area contributed by atoms with E-state index in [4.69, 9.17) is 10.7 Å². The van der Waals surface area contributed by atoms with Crippen molar-refractivity contribution >= 4 is 16.8 Å². The zero-order valence-electron chi connectivity index (χ0n) is 10.2. The second kappa shape index (κ2) is 4.94. The van der Waals surface area contributed by atoms with E-state index in [1.165, 1.54) is 12.8 Å². The van der Waals surface area contributed by atoms with Gasteiger partial charge in [0.25, 0.3) is 0 Å². The molecule has 18 heavy (non-hydrogen) atoms. The molecule has 1 saturated carbocycles. The Morgan fingerprint density at radius 2 is 2.28 bits per heavy atom. The minimum Gasteiger partial charge on any atom is -0.508 e. The van der Waals surface area contributed by atoms with E-state index in [0.717, 1.165) is 23.6 Å². The molecule has 96 valence electrons. The second-order valence-electron chi connectivity index (χ2n) is 5.12. The number of hydrogen-bond donors (Lipinski definition) is 2. The molecule has 0 spiro atoms. The van der Waals surface area contributed by atoms with E-state index < -0.39 is 0 Å². The Morgan fingerprint density at radius 1 is 1.39 bits per heavy atom. The van der Waals surface area contributed by atoms with Crippen LogP contribution in [0.1, 0.15) is 24.8 Å². The summed E-state index contributed by atoms with van der Waals surface area (Å²) < 4.78 is 0. The molecule has 0 bridgehead atoms. The molecule has 2 aliphatic rings. The van der Waals surface area contributed by atoms with Crippen LogP contribution < -0.4 is 5.73 Å². The SMILES string of the molecule is NCC1CCC2N=C(c3cccc(O)c3)SC2C1. The second-order valence-corrected chi connectivity index (χ2v) is 6.35. The van der Waals surface area contributed by atoms with Crippen LogP contribution in [-0.4, -0.2) is 28.0 Å². The van der Waals surface area contributed by atoms with Gasteiger partial charge in [-0.2, -0.15) is 0 Å². The number of fused-ring (bicyclic) bond motifs is 1. The molecule has 0 saturated heterocycles. The van der Waals surface area contributed by atoms with Crippen LogP contribution in [-0.2, 0) is 0 Å². The molecule has 0 aromatic heterocycles. The minimum atomic E-state index is 0.311. The fraction of sp³-hybridized carbons (Fsp3) is 0.500. The van der Waals surface area contributed by atoms with Crippen molar-refractivity contribution in [2.75, 3.05) is 6.54 Å². The molecule has 3 unspecified atom stereocenters. The van der Waals surface area contributed by atoms with Crippen LogP contribution in [0.2, 0.25) is 0 Å². The first-order chi connectivity index (χ1) is 8.76. The van der Waals surface area contributed by atoms with E-state index in [2.05, 4.69) is 0 Å². The number of hydrogen-bond acceptors (Lipinski definition) is 4. The van der Waals surface area contributed by atoms with E-state index in [-0.39, 0.29) is 0 Å². The van der Waals surface area contributed by atoms with E-state index in [1.807, 2.05) is 23.9 Å². The highest BCUT2D eigenvalue weighted by Gasteiger charge is 2.35. The molecule has 0 radical (unpaired) electrons. The molecule has 1 aliphatic heterocycles. The standard InChI is InChI=1S/C14H18N2OS/c15-8-9-4-5-12-13(6-9)18-14(16-12)10-2-1-3-11(17)7-10/h1-3,7,9,12-13,17H,4-6,8,15H2. The summed E-state index contributed by atoms with van der Waals surface area (Å²) in [6.45, 7) is 0.797. The topological polar surface area (TPSA) is 58.6 Å². The number of benzene rings is 1. The summed E-state index contributed by atoms with van der Waals surface area (Å²) in [5.41, 5.74) is 6.81. The minimum absolute atomic E-state index is 0.311. The van der Waals surface area contributed by atoms with Gasteiger partial charge in [0.1, 0.15) is 5.75 Å². The van der Waals surface area contributed by atoms with Gasteiger partial charge in [0.05, 0.1) is 11.1 Å². The van der Waals surface area contributed by atoms with E-state index in [1.54, 1.807) is 12.1 Å². The van der Waals surface area contributed by atoms with Crippen LogP contribution in [0, 0.1) is 5.92 Å². The summed E-state index contributed by atoms with van der Waals surface area (Å²) in [6.07, 6.45) is 3.54. The van der Waals surface area contributed by atoms with Crippen molar-refractivity contribution in [2.24, 2.45) is 16.6 Å². The summed E-state index contributed by atoms with van der Waals surface area (Å²) >= 11 is 1.86. The van der Waals surface area contributed by atoms with Gasteiger partial charge in [0, 0.05) is 10.8 Å². The van der Waals surface area contributed by atoms with Gasteiger partial charge in [0.15, 0.2) is 0 Å². The molecule has 1 fully saturated rings. The van der Waals surface area contributed by atoms with Crippen molar-refractivity contribution in [1.82, 2.24) is 0 Å². The van der Waals surface area contributed by atoms with Gasteiger partial charge in [0.2, 0.25) is 0 Å². The van der Waals surface area contributed by atoms with Crippen molar-refractivity contribution in [2.45, 2.75) is 30.6 Å². The van der Waals surface area contributed by atoms with Gasteiger partial charge in [-0.3, -0.25) is 4.99 Å². The molecule has 3 nitrogen and oxygen atoms in total. The summed E-state index contributed by atoms with van der Waals surface area (Å²) in [6, 6.07) is 7.84. The maximum atomic E-state index is 9.53. The Balaban J connectivity index is 1.77. The average Bonchev–Trinajstić information content (AvgIpc) is 2.81. The number of aromatic hydroxyl groups is 1. The number of thioether (sulfide) groups is 1. The third kappa shape index (κ3) is 2.27. The van der Waals surface area contributed by atoms with Crippen LogP contribution in [0.15, 0.2) is 29.3 Å². The van der Waals surface area contributed by atoms with Crippen LogP contribution >= 0.6 is 11.8 Å². The molecule has 1 aliphatic carbocycles. The molecule has 1 heterocycles. The lowest BCUT2D eigenvalue weighted by Crippen LogP contribution is -2.31. The Hall–Kier alpha value is -1.00. The molecule has 1 aromatic rings. The zero-order chi connectivity index (χ0) is 12.5. The first-order valence-electron chi connectivity index (χ1n) is 6.50. The fourth-order valence-corrected chi connectivity index (χ4v) is 4.26. The summed E-state index contributed by atoms with van der Waals surface area (Å²) in [7, 11) is 0. The number of phenols is 1. The first-order valence-corrected chi connectivity index (χ1v) is 7.38. The number of aliphatic imine (C=N–C) groups is 1. The predicted molar refractivity (Wildman–Crippen MR) is 76.2 cm³/mol. The Labute approximate surface area is 111 Å². The quantitative estimate of drug-likeness (QED) is 0.860. The first kappa shape index (κ1) is 12.1. The Kier molecular flexibility index (Phi) is 3.31. The summed E-state index contributed by atoms with van der Waals surface area (Å²) in [4.78, 5) is 4.82. The third-order valence-electron chi connectivity index (χ3n) is 3.84. The van der Waals surface area contributed by atoms with E-state index >= 15 is 0 Å². The van der Waals surface area contributed by atoms with Crippen molar-refractivity contribution in [3.05, 3.63) is 29.8 Å². The van der Waals surface area contributed by atoms with Crippen LogP contribution in [0.5, 0.6) is 5.75 Å². The number of nitrogens with zero attached hydrogens (tertiary/aromatic N) is 1. The molecule has 3 atom stereocenters. The molecular weight excluding hydrogens is 244 g/mol. The van der Waals surface area contributed by atoms with Gasteiger partial charge in [-0.05, 0) is 43.9 Å². The number of phenolic OH excluding ortho intramolecular Hbond substituents is 1. The highest BCUT2D eigenvalue weighted by molar-refractivity contribution is 8.15. The molecule has 0 amide bonds. The summed E-state index contributed by atoms with van der Waals surface area (Å²) in [5.74, 6) is 0.975. The van der Waals surface area contributed by atoms with Crippen molar-refractivity contribution in [3.8, 4) is 5.75 Å². The lowest BCUT2D eigenvalue weighted by Gasteiger charge is -2.28. The van der Waals surface area contributed by atoms with Crippen molar-refractivity contribution < 1.29 is 5.11 Å². The highest BCUT2D eigenvalue weighted by atomic mass is 32.2. The van der Waals surface area contributed by atoms with Gasteiger partial charge >= 0.3 is 0 Å². The normalized spacial score (nSPS) is 30.9. The third-order valence-corrected chi connectivity index (χ3v) is 5.21. The molecule has 1 aromatic carbocycles. The highest BCUT2D eigenvalue weighted by Crippen LogP contribution is 2.41. The van der Waals surface area contributed by atoms with Crippen LogP contribution in [0.25, 0.3) is 0 Å². The smallest absolute Gasteiger partial charge is 0.116 e. The van der Waals surface area contributed by atoms with Crippen LogP contribution in [0.3, 0.4) is 0 Å². The maximum Gasteiger partial charge on any atom is 0.116 e. The van der Waals surface area contributed by atoms with Crippen LogP contribution in [0.4, 0.5) is 0 Å². The van der Waals surface area contributed by atoms with Gasteiger partial charge in [-0.15, -0.1) is 11.8 Å². The van der Waals surface area contributed by atoms with Gasteiger partial charge < -0.3 is 10.8 Å². The molecule has 4 heteroatoms. The average molecular weight is 262 g/mol. The Bertz CT molecular complexity index is 475. The fourth-order valence-electron chi connectivity index (χ4n) is 2.79. The molecule has 3 rings (SSSR count). The van der Waals surface area contributed by atoms with Crippen molar-refractivity contribution in [1.29, 1.82) is 0 Å². The lowest BCUT2D eigenvalue weighted by atomic mass is 9.86. The van der Waals surface area contributed by atoms with Gasteiger partial charge in [-0.25, -0.2) is 0 Å². The molecule has 3 N–H and O–H groups in total. The number of nitrogens with two attached hydrogens (primary N) is 1. The van der Waals surface area contributed by atoms with E-state index in [9.17, 15) is 5.11 Å². The lowest BCUT2D eigenvalue weighted by molar-refractivity contribution is 0.347. The van der Waals surface area contributed by atoms with E-state index in [0.29, 0.717) is 23.0 Å².